The van der Waals surface area contributed by atoms with Crippen LogP contribution in [0.4, 0.5) is 8.78 Å². The summed E-state index contributed by atoms with van der Waals surface area (Å²) in [6.45, 7) is 5.69. The van der Waals surface area contributed by atoms with Crippen molar-refractivity contribution >= 4 is 5.70 Å². The molecule has 4 aromatic rings. The summed E-state index contributed by atoms with van der Waals surface area (Å²) in [6, 6.07) is 14.1. The molecule has 0 aliphatic heterocycles. The minimum Gasteiger partial charge on any atom is -0.415 e. The number of benzene rings is 2. The van der Waals surface area contributed by atoms with Crippen molar-refractivity contribution in [2.45, 2.75) is 13.3 Å². The zero-order valence-corrected chi connectivity index (χ0v) is 17.9. The van der Waals surface area contributed by atoms with Gasteiger partial charge < -0.3 is 9.32 Å². The molecule has 6 nitrogen and oxygen atoms in total. The number of rotatable bonds is 6. The van der Waals surface area contributed by atoms with Gasteiger partial charge in [0.05, 0.1) is 17.6 Å². The van der Waals surface area contributed by atoms with Gasteiger partial charge in [0.1, 0.15) is 5.69 Å². The predicted octanol–water partition coefficient (Wildman–Crippen LogP) is 5.64. The van der Waals surface area contributed by atoms with Crippen LogP contribution in [0.2, 0.25) is 0 Å². The van der Waals surface area contributed by atoms with E-state index in [4.69, 9.17) is 4.42 Å². The highest BCUT2D eigenvalue weighted by molar-refractivity contribution is 5.71. The Balaban J connectivity index is 1.77. The first-order chi connectivity index (χ1) is 15.3. The molecular formula is C24H21F2N5O. The van der Waals surface area contributed by atoms with Crippen LogP contribution in [-0.2, 0) is 0 Å². The molecule has 0 saturated heterocycles. The van der Waals surface area contributed by atoms with Crippen LogP contribution in [0, 0.1) is 6.92 Å². The quantitative estimate of drug-likeness (QED) is 0.392. The molecule has 0 bridgehead atoms. The highest BCUT2D eigenvalue weighted by Gasteiger charge is 2.20. The lowest BCUT2D eigenvalue weighted by Gasteiger charge is -2.18. The van der Waals surface area contributed by atoms with Gasteiger partial charge in [-0.05, 0) is 30.7 Å². The minimum absolute atomic E-state index is 0.148. The fourth-order valence-corrected chi connectivity index (χ4v) is 3.21. The number of halogens is 2. The molecule has 0 N–H and O–H groups in total. The van der Waals surface area contributed by atoms with E-state index in [1.54, 1.807) is 24.0 Å². The fraction of sp³-hybridized carbons (Fsp3) is 0.167. The maximum absolute atomic E-state index is 13.9. The molecule has 2 aromatic heterocycles. The van der Waals surface area contributed by atoms with Gasteiger partial charge in [-0.3, -0.25) is 4.98 Å². The molecule has 0 saturated carbocycles. The van der Waals surface area contributed by atoms with Crippen LogP contribution in [0.25, 0.3) is 40.0 Å². The van der Waals surface area contributed by atoms with Gasteiger partial charge >= 0.3 is 0 Å². The van der Waals surface area contributed by atoms with E-state index < -0.39 is 6.43 Å². The molecule has 2 aromatic carbocycles. The third-order valence-electron chi connectivity index (χ3n) is 5.04. The van der Waals surface area contributed by atoms with E-state index in [0.717, 1.165) is 5.56 Å². The Hall–Kier alpha value is -3.94. The first-order valence-corrected chi connectivity index (χ1v) is 9.87. The summed E-state index contributed by atoms with van der Waals surface area (Å²) < 4.78 is 33.6. The lowest BCUT2D eigenvalue weighted by Crippen LogP contribution is -2.09. The Kier molecular flexibility index (Phi) is 5.77. The lowest BCUT2D eigenvalue weighted by molar-refractivity contribution is 0.152. The maximum atomic E-state index is 13.9. The highest BCUT2D eigenvalue weighted by atomic mass is 19.3. The zero-order chi connectivity index (χ0) is 22.8. The van der Waals surface area contributed by atoms with Crippen LogP contribution in [0.15, 0.2) is 65.7 Å². The molecule has 0 unspecified atom stereocenters. The van der Waals surface area contributed by atoms with E-state index in [0.29, 0.717) is 34.2 Å². The van der Waals surface area contributed by atoms with E-state index in [2.05, 4.69) is 26.7 Å². The second kappa shape index (κ2) is 8.66. The summed E-state index contributed by atoms with van der Waals surface area (Å²) >= 11 is 0. The van der Waals surface area contributed by atoms with E-state index >= 15 is 0 Å². The molecule has 2 heterocycles. The van der Waals surface area contributed by atoms with Gasteiger partial charge in [-0.1, -0.05) is 36.9 Å². The molecule has 0 radical (unpaired) electrons. The Bertz CT molecular complexity index is 1270. The smallest absolute Gasteiger partial charge is 0.268 e. The minimum atomic E-state index is -2.69. The highest BCUT2D eigenvalue weighted by Crippen LogP contribution is 2.34. The van der Waals surface area contributed by atoms with Gasteiger partial charge in [-0.25, -0.2) is 13.8 Å². The molecule has 0 atom stereocenters. The average Bonchev–Trinajstić information content (AvgIpc) is 3.29. The number of nitrogens with zero attached hydrogens (tertiary/aromatic N) is 5. The lowest BCUT2D eigenvalue weighted by atomic mass is 10.00. The summed E-state index contributed by atoms with van der Waals surface area (Å²) in [6.07, 6.45) is -1.23. The summed E-state index contributed by atoms with van der Waals surface area (Å²) in [5, 5.41) is 8.17. The van der Waals surface area contributed by atoms with Crippen molar-refractivity contribution in [2.75, 3.05) is 14.1 Å². The summed E-state index contributed by atoms with van der Waals surface area (Å²) in [5.41, 5.74) is 3.34. The average molecular weight is 433 g/mol. The van der Waals surface area contributed by atoms with Crippen molar-refractivity contribution in [1.82, 2.24) is 25.1 Å². The van der Waals surface area contributed by atoms with Gasteiger partial charge in [0.25, 0.3) is 12.3 Å². The molecule has 0 fully saturated rings. The van der Waals surface area contributed by atoms with Crippen LogP contribution in [0.3, 0.4) is 0 Å². The summed E-state index contributed by atoms with van der Waals surface area (Å²) in [5.74, 6) is 0.513. The SMILES string of the molecule is C=C(c1ccc(-c2cnc(C)c(-c3nnc(-c4ccccc4)o3)n2)c(C(F)F)c1)N(C)C. The normalized spacial score (nSPS) is 11.1. The monoisotopic (exact) mass is 433 g/mol. The first-order valence-electron chi connectivity index (χ1n) is 9.87. The van der Waals surface area contributed by atoms with E-state index in [9.17, 15) is 8.78 Å². The van der Waals surface area contributed by atoms with Gasteiger partial charge in [-0.2, -0.15) is 0 Å². The van der Waals surface area contributed by atoms with E-state index in [-0.39, 0.29) is 17.0 Å². The molecule has 32 heavy (non-hydrogen) atoms. The number of alkyl halides is 2. The van der Waals surface area contributed by atoms with E-state index in [1.165, 1.54) is 12.3 Å². The summed E-state index contributed by atoms with van der Waals surface area (Å²) in [4.78, 5) is 10.7. The van der Waals surface area contributed by atoms with Crippen LogP contribution in [0.1, 0.15) is 23.2 Å². The Morgan fingerprint density at radius 2 is 1.75 bits per heavy atom. The van der Waals surface area contributed by atoms with Gasteiger partial charge in [0, 0.05) is 36.5 Å². The number of aromatic nitrogens is 4. The molecular weight excluding hydrogens is 412 g/mol. The number of hydrogen-bond donors (Lipinski definition) is 0. The largest absolute Gasteiger partial charge is 0.415 e. The molecule has 0 aliphatic carbocycles. The predicted molar refractivity (Wildman–Crippen MR) is 119 cm³/mol. The van der Waals surface area contributed by atoms with Crippen LogP contribution >= 0.6 is 0 Å². The molecule has 4 rings (SSSR count). The summed E-state index contributed by atoms with van der Waals surface area (Å²) in [7, 11) is 3.62. The fourth-order valence-electron chi connectivity index (χ4n) is 3.21. The van der Waals surface area contributed by atoms with Crippen molar-refractivity contribution in [2.24, 2.45) is 0 Å². The van der Waals surface area contributed by atoms with Crippen molar-refractivity contribution in [3.63, 3.8) is 0 Å². The molecule has 8 heteroatoms. The topological polar surface area (TPSA) is 67.9 Å². The number of hydrogen-bond acceptors (Lipinski definition) is 6. The first kappa shape index (κ1) is 21.3. The molecule has 0 amide bonds. The number of aryl methyl sites for hydroxylation is 1. The van der Waals surface area contributed by atoms with Crippen molar-refractivity contribution in [3.8, 4) is 34.3 Å². The second-order valence-electron chi connectivity index (χ2n) is 7.41. The van der Waals surface area contributed by atoms with Gasteiger partial charge in [-0.15, -0.1) is 10.2 Å². The third kappa shape index (κ3) is 4.12. The standard InChI is InChI=1S/C24H21F2N5O/c1-14-21(24-30-29-23(32-24)16-8-6-5-7-9-16)28-20(13-27-14)18-11-10-17(15(2)31(3)4)12-19(18)22(25)26/h5-13,22H,2H2,1,3-4H3. The van der Waals surface area contributed by atoms with Gasteiger partial charge in [0.2, 0.25) is 5.89 Å². The Morgan fingerprint density at radius 1 is 1.03 bits per heavy atom. The Labute approximate surface area is 184 Å². The van der Waals surface area contributed by atoms with Crippen molar-refractivity contribution in [3.05, 3.63) is 78.1 Å². The van der Waals surface area contributed by atoms with Crippen LogP contribution in [0.5, 0.6) is 0 Å². The van der Waals surface area contributed by atoms with Crippen LogP contribution in [-0.4, -0.2) is 39.2 Å². The molecule has 0 spiro atoms. The van der Waals surface area contributed by atoms with Crippen molar-refractivity contribution < 1.29 is 13.2 Å². The second-order valence-corrected chi connectivity index (χ2v) is 7.41. The van der Waals surface area contributed by atoms with Crippen LogP contribution < -0.4 is 0 Å². The zero-order valence-electron chi connectivity index (χ0n) is 17.9. The van der Waals surface area contributed by atoms with Crippen molar-refractivity contribution in [1.29, 1.82) is 0 Å². The molecule has 162 valence electrons. The third-order valence-corrected chi connectivity index (χ3v) is 5.04. The van der Waals surface area contributed by atoms with E-state index in [1.807, 2.05) is 44.4 Å². The Morgan fingerprint density at radius 3 is 2.44 bits per heavy atom. The molecule has 0 aliphatic rings. The van der Waals surface area contributed by atoms with Gasteiger partial charge in [0.15, 0.2) is 0 Å². The maximum Gasteiger partial charge on any atom is 0.268 e.